The van der Waals surface area contributed by atoms with Crippen molar-refractivity contribution < 1.29 is 9.59 Å². The van der Waals surface area contributed by atoms with Crippen molar-refractivity contribution in [2.45, 2.75) is 12.8 Å². The van der Waals surface area contributed by atoms with Crippen molar-refractivity contribution in [3.63, 3.8) is 0 Å². The predicted octanol–water partition coefficient (Wildman–Crippen LogP) is 4.32. The third kappa shape index (κ3) is 4.61. The summed E-state index contributed by atoms with van der Waals surface area (Å²) in [7, 11) is 7.89. The molecule has 3 rings (SSSR count). The number of hydrogen-bond donors (Lipinski definition) is 0. The zero-order valence-electron chi connectivity index (χ0n) is 16.4. The number of nitrogens with zero attached hydrogens (tertiary/aromatic N) is 2. The first kappa shape index (κ1) is 19.7. The maximum atomic E-state index is 12.4. The van der Waals surface area contributed by atoms with E-state index in [0.29, 0.717) is 12.8 Å². The molecule has 0 N–H and O–H groups in total. The number of rotatable bonds is 8. The van der Waals surface area contributed by atoms with E-state index >= 15 is 0 Å². The number of hydrogen-bond acceptors (Lipinski definition) is 5. The Kier molecular flexibility index (Phi) is 6.05. The second-order valence-electron chi connectivity index (χ2n) is 7.48. The van der Waals surface area contributed by atoms with Gasteiger partial charge in [-0.05, 0) is 40.3 Å². The lowest BCUT2D eigenvalue weighted by molar-refractivity contribution is 0.0965. The van der Waals surface area contributed by atoms with Crippen LogP contribution in [-0.4, -0.2) is 62.6 Å². The maximum Gasteiger partial charge on any atom is 0.164 e. The van der Waals surface area contributed by atoms with Crippen molar-refractivity contribution in [1.29, 1.82) is 0 Å². The van der Waals surface area contributed by atoms with Crippen molar-refractivity contribution >= 4 is 43.1 Å². The maximum absolute atomic E-state index is 12.4. The fourth-order valence-electron chi connectivity index (χ4n) is 3.06. The van der Waals surface area contributed by atoms with Crippen molar-refractivity contribution in [3.05, 3.63) is 47.5 Å². The fraction of sp³-hybridized carbons (Fsp3) is 0.364. The van der Waals surface area contributed by atoms with E-state index in [1.807, 2.05) is 74.4 Å². The molecule has 0 radical (unpaired) electrons. The monoisotopic (exact) mass is 382 g/mol. The summed E-state index contributed by atoms with van der Waals surface area (Å²) >= 11 is 1.65. The van der Waals surface area contributed by atoms with Crippen LogP contribution in [0.15, 0.2) is 36.4 Å². The zero-order valence-corrected chi connectivity index (χ0v) is 17.2. The number of ketones is 2. The summed E-state index contributed by atoms with van der Waals surface area (Å²) in [5, 5.41) is 2.29. The Balaban J connectivity index is 1.88. The molecule has 0 spiro atoms. The number of carbonyl (C=O) groups is 2. The number of Topliss-reactive ketones (excluding diaryl/α,β-unsaturated/α-hetero) is 2. The lowest BCUT2D eigenvalue weighted by Crippen LogP contribution is -2.16. The third-order valence-electron chi connectivity index (χ3n) is 4.69. The summed E-state index contributed by atoms with van der Waals surface area (Å²) in [6, 6.07) is 11.9. The molecular weight excluding hydrogens is 356 g/mol. The van der Waals surface area contributed by atoms with Crippen LogP contribution in [0.4, 0.5) is 0 Å². The second-order valence-corrected chi connectivity index (χ2v) is 8.56. The van der Waals surface area contributed by atoms with Gasteiger partial charge >= 0.3 is 0 Å². The molecule has 0 fully saturated rings. The van der Waals surface area contributed by atoms with Crippen LogP contribution in [-0.2, 0) is 0 Å². The minimum Gasteiger partial charge on any atom is -0.309 e. The SMILES string of the molecule is CN(C)CCC(=O)c1ccc2c(c1)sc1cc(C(=O)CCN(C)C)ccc12. The van der Waals surface area contributed by atoms with Crippen LogP contribution in [0.25, 0.3) is 20.2 Å². The standard InChI is InChI=1S/C22H26N2O2S/c1-23(2)11-9-19(25)15-5-7-17-18-8-6-16(20(26)10-12-24(3)4)14-22(18)27-21(17)13-15/h5-8,13-14H,9-12H2,1-4H3. The molecule has 1 heterocycles. The van der Waals surface area contributed by atoms with Crippen molar-refractivity contribution in [2.24, 2.45) is 0 Å². The number of carbonyl (C=O) groups excluding carboxylic acids is 2. The number of thiophene rings is 1. The van der Waals surface area contributed by atoms with Gasteiger partial charge in [0.2, 0.25) is 0 Å². The number of fused-ring (bicyclic) bond motifs is 3. The summed E-state index contributed by atoms with van der Waals surface area (Å²) < 4.78 is 2.19. The molecule has 0 atom stereocenters. The fourth-order valence-corrected chi connectivity index (χ4v) is 4.25. The first-order valence-electron chi connectivity index (χ1n) is 9.17. The van der Waals surface area contributed by atoms with E-state index in [9.17, 15) is 9.59 Å². The van der Waals surface area contributed by atoms with Gasteiger partial charge in [-0.25, -0.2) is 0 Å². The third-order valence-corrected chi connectivity index (χ3v) is 5.80. The largest absolute Gasteiger partial charge is 0.309 e. The van der Waals surface area contributed by atoms with E-state index in [-0.39, 0.29) is 11.6 Å². The molecule has 0 amide bonds. The van der Waals surface area contributed by atoms with E-state index in [1.165, 1.54) is 0 Å². The smallest absolute Gasteiger partial charge is 0.164 e. The molecule has 2 aromatic carbocycles. The second kappa shape index (κ2) is 8.30. The van der Waals surface area contributed by atoms with E-state index in [4.69, 9.17) is 0 Å². The van der Waals surface area contributed by atoms with Gasteiger partial charge < -0.3 is 9.80 Å². The lowest BCUT2D eigenvalue weighted by Gasteiger charge is -2.08. The van der Waals surface area contributed by atoms with Gasteiger partial charge in [-0.3, -0.25) is 9.59 Å². The van der Waals surface area contributed by atoms with Gasteiger partial charge in [-0.1, -0.05) is 24.3 Å². The van der Waals surface area contributed by atoms with Gasteiger partial charge in [0.15, 0.2) is 11.6 Å². The molecular formula is C22H26N2O2S. The van der Waals surface area contributed by atoms with Crippen LogP contribution in [0.3, 0.4) is 0 Å². The van der Waals surface area contributed by atoms with Crippen molar-refractivity contribution in [2.75, 3.05) is 41.3 Å². The lowest BCUT2D eigenvalue weighted by atomic mass is 10.0. The molecule has 0 unspecified atom stereocenters. The summed E-state index contributed by atoms with van der Waals surface area (Å²) in [4.78, 5) is 28.9. The van der Waals surface area contributed by atoms with E-state index in [0.717, 1.165) is 44.4 Å². The molecule has 0 saturated heterocycles. The predicted molar refractivity (Wildman–Crippen MR) is 114 cm³/mol. The van der Waals surface area contributed by atoms with E-state index in [1.54, 1.807) is 11.3 Å². The molecule has 27 heavy (non-hydrogen) atoms. The Morgan fingerprint density at radius 3 is 1.52 bits per heavy atom. The Bertz CT molecular complexity index is 910. The highest BCUT2D eigenvalue weighted by molar-refractivity contribution is 7.25. The molecule has 0 bridgehead atoms. The van der Waals surface area contributed by atoms with Gasteiger partial charge in [0.1, 0.15) is 0 Å². The Labute approximate surface area is 164 Å². The zero-order chi connectivity index (χ0) is 19.6. The summed E-state index contributed by atoms with van der Waals surface area (Å²) in [6.07, 6.45) is 1.04. The normalized spacial score (nSPS) is 11.8. The minimum atomic E-state index is 0.169. The first-order chi connectivity index (χ1) is 12.8. The average Bonchev–Trinajstić information content (AvgIpc) is 3.00. The highest BCUT2D eigenvalue weighted by Gasteiger charge is 2.13. The van der Waals surface area contributed by atoms with Gasteiger partial charge in [-0.2, -0.15) is 0 Å². The quantitative estimate of drug-likeness (QED) is 0.544. The van der Waals surface area contributed by atoms with Crippen LogP contribution < -0.4 is 0 Å². The Morgan fingerprint density at radius 1 is 0.741 bits per heavy atom. The molecule has 1 aromatic heterocycles. The van der Waals surface area contributed by atoms with Crippen LogP contribution in [0.1, 0.15) is 33.6 Å². The summed E-state index contributed by atoms with van der Waals surface area (Å²) in [5.41, 5.74) is 1.52. The highest BCUT2D eigenvalue weighted by Crippen LogP contribution is 2.35. The van der Waals surface area contributed by atoms with Crippen LogP contribution in [0.5, 0.6) is 0 Å². The molecule has 0 saturated carbocycles. The summed E-state index contributed by atoms with van der Waals surface area (Å²) in [6.45, 7) is 1.50. The molecule has 5 heteroatoms. The molecule has 0 aliphatic heterocycles. The Hall–Kier alpha value is -2.08. The molecule has 0 aliphatic carbocycles. The minimum absolute atomic E-state index is 0.169. The van der Waals surface area contributed by atoms with Crippen LogP contribution in [0.2, 0.25) is 0 Å². The summed E-state index contributed by atoms with van der Waals surface area (Å²) in [5.74, 6) is 0.338. The highest BCUT2D eigenvalue weighted by atomic mass is 32.1. The molecule has 4 nitrogen and oxygen atoms in total. The molecule has 142 valence electrons. The van der Waals surface area contributed by atoms with E-state index in [2.05, 4.69) is 0 Å². The van der Waals surface area contributed by atoms with Gasteiger partial charge in [0.05, 0.1) is 0 Å². The Morgan fingerprint density at radius 2 is 1.15 bits per heavy atom. The van der Waals surface area contributed by atoms with Gasteiger partial charge in [0, 0.05) is 57.2 Å². The van der Waals surface area contributed by atoms with Crippen LogP contribution >= 0.6 is 11.3 Å². The van der Waals surface area contributed by atoms with Crippen molar-refractivity contribution in [3.8, 4) is 0 Å². The average molecular weight is 383 g/mol. The van der Waals surface area contributed by atoms with Crippen LogP contribution in [0, 0.1) is 0 Å². The first-order valence-corrected chi connectivity index (χ1v) is 9.99. The molecule has 3 aromatic rings. The van der Waals surface area contributed by atoms with Gasteiger partial charge in [-0.15, -0.1) is 11.3 Å². The molecule has 0 aliphatic rings. The topological polar surface area (TPSA) is 40.6 Å². The van der Waals surface area contributed by atoms with E-state index < -0.39 is 0 Å². The van der Waals surface area contributed by atoms with Gasteiger partial charge in [0.25, 0.3) is 0 Å². The van der Waals surface area contributed by atoms with Crippen molar-refractivity contribution in [1.82, 2.24) is 9.80 Å². The number of benzene rings is 2.